The third-order valence-electron chi connectivity index (χ3n) is 8.43. The molecule has 1 N–H and O–H groups in total. The Balaban J connectivity index is 4.25. The molecule has 0 aromatic carbocycles. The zero-order chi connectivity index (χ0) is 34.6. The Morgan fingerprint density at radius 3 is 1.57 bits per heavy atom. The van der Waals surface area contributed by atoms with Crippen molar-refractivity contribution in [1.29, 1.82) is 0 Å². The number of esters is 3. The van der Waals surface area contributed by atoms with Gasteiger partial charge in [-0.25, -0.2) is 0 Å². The molecule has 0 aliphatic carbocycles. The molecule has 0 aromatic rings. The molecule has 0 heterocycles. The molecule has 0 radical (unpaired) electrons. The van der Waals surface area contributed by atoms with Gasteiger partial charge in [-0.1, -0.05) is 142 Å². The number of carbonyl (C=O) groups is 4. The van der Waals surface area contributed by atoms with Crippen molar-refractivity contribution in [2.24, 2.45) is 0 Å². The summed E-state index contributed by atoms with van der Waals surface area (Å²) in [7, 11) is 1.27. The van der Waals surface area contributed by atoms with E-state index in [1.807, 2.05) is 0 Å². The summed E-state index contributed by atoms with van der Waals surface area (Å²) in [6, 6.07) is 0. The fourth-order valence-electron chi connectivity index (χ4n) is 5.47. The molecule has 0 aliphatic heterocycles. The predicted octanol–water partition coefficient (Wildman–Crippen LogP) is 9.65. The van der Waals surface area contributed by atoms with Crippen LogP contribution >= 0.6 is 11.8 Å². The lowest BCUT2D eigenvalue weighted by atomic mass is 10.0. The minimum atomic E-state index is -0.487. The quantitative estimate of drug-likeness (QED) is 0.0399. The molecule has 8 nitrogen and oxygen atoms in total. The lowest BCUT2D eigenvalue weighted by molar-refractivity contribution is -0.155. The average Bonchev–Trinajstić information content (AvgIpc) is 3.06. The van der Waals surface area contributed by atoms with Crippen molar-refractivity contribution in [3.8, 4) is 0 Å². The summed E-state index contributed by atoms with van der Waals surface area (Å²) < 4.78 is 15.7. The second-order valence-electron chi connectivity index (χ2n) is 12.9. The number of methoxy groups -OCH3 is 1. The highest BCUT2D eigenvalue weighted by Crippen LogP contribution is 2.17. The van der Waals surface area contributed by atoms with Gasteiger partial charge >= 0.3 is 17.9 Å². The van der Waals surface area contributed by atoms with Gasteiger partial charge in [0, 0.05) is 24.3 Å². The van der Waals surface area contributed by atoms with Crippen molar-refractivity contribution in [2.75, 3.05) is 31.8 Å². The molecule has 0 saturated heterocycles. The summed E-state index contributed by atoms with van der Waals surface area (Å²) in [4.78, 5) is 48.1. The lowest BCUT2D eigenvalue weighted by Crippen LogP contribution is -2.30. The van der Waals surface area contributed by atoms with Crippen LogP contribution in [-0.2, 0) is 33.4 Å². The van der Waals surface area contributed by atoms with Gasteiger partial charge in [0.1, 0.15) is 19.3 Å². The van der Waals surface area contributed by atoms with Gasteiger partial charge in [0.15, 0.2) is 0 Å². The van der Waals surface area contributed by atoms with E-state index >= 15 is 0 Å². The van der Waals surface area contributed by atoms with Crippen molar-refractivity contribution < 1.29 is 33.4 Å². The molecule has 276 valence electrons. The van der Waals surface area contributed by atoms with Gasteiger partial charge in [0.2, 0.25) is 5.91 Å². The number of nitrogens with one attached hydrogen (secondary N) is 1. The Hall–Kier alpha value is -1.77. The minimum absolute atomic E-state index is 0.0853. The monoisotopic (exact) mass is 685 g/mol. The second-order valence-corrected chi connectivity index (χ2v) is 14.1. The number of ether oxygens (including phenoxy) is 3. The van der Waals surface area contributed by atoms with E-state index in [-0.39, 0.29) is 43.8 Å². The van der Waals surface area contributed by atoms with E-state index < -0.39 is 12.1 Å². The Kier molecular flexibility index (Phi) is 34.2. The van der Waals surface area contributed by atoms with Crippen LogP contribution in [0.1, 0.15) is 181 Å². The number of thioether (sulfide) groups is 1. The number of carbonyl (C=O) groups excluding carboxylic acids is 4. The molecule has 1 amide bonds. The van der Waals surface area contributed by atoms with Crippen LogP contribution in [0.4, 0.5) is 0 Å². The number of rotatable bonds is 35. The predicted molar refractivity (Wildman–Crippen MR) is 195 cm³/mol. The normalized spacial score (nSPS) is 11.6. The standard InChI is InChI=1S/C38H71NO7S/c1-4-6-8-10-12-14-15-16-17-19-21-23-25-27-36(41)46-34(26-24-22-20-18-13-11-9-7-5-2)32-37(42)45-29-31-47-30-28-35(40)39-33-38(43)44-3/h34H,4-33H2,1-3H3,(H,39,40). The fourth-order valence-corrected chi connectivity index (χ4v) is 6.21. The minimum Gasteiger partial charge on any atom is -0.468 e. The average molecular weight is 686 g/mol. The van der Waals surface area contributed by atoms with E-state index in [0.29, 0.717) is 24.3 Å². The van der Waals surface area contributed by atoms with Crippen LogP contribution in [0, 0.1) is 0 Å². The summed E-state index contributed by atoms with van der Waals surface area (Å²) in [6.45, 7) is 4.60. The molecule has 47 heavy (non-hydrogen) atoms. The van der Waals surface area contributed by atoms with Crippen LogP contribution < -0.4 is 5.32 Å². The Morgan fingerprint density at radius 2 is 1.06 bits per heavy atom. The van der Waals surface area contributed by atoms with Crippen LogP contribution in [0.25, 0.3) is 0 Å². The van der Waals surface area contributed by atoms with Crippen molar-refractivity contribution in [3.63, 3.8) is 0 Å². The maximum atomic E-state index is 12.6. The molecule has 0 saturated carbocycles. The van der Waals surface area contributed by atoms with Crippen molar-refractivity contribution in [2.45, 2.75) is 187 Å². The van der Waals surface area contributed by atoms with Gasteiger partial charge in [-0.2, -0.15) is 11.8 Å². The van der Waals surface area contributed by atoms with Crippen molar-refractivity contribution >= 4 is 35.6 Å². The maximum absolute atomic E-state index is 12.6. The number of amides is 1. The highest BCUT2D eigenvalue weighted by molar-refractivity contribution is 7.99. The van der Waals surface area contributed by atoms with E-state index in [1.165, 1.54) is 128 Å². The number of hydrogen-bond donors (Lipinski definition) is 1. The van der Waals surface area contributed by atoms with Gasteiger partial charge < -0.3 is 19.5 Å². The smallest absolute Gasteiger partial charge is 0.325 e. The number of hydrogen-bond acceptors (Lipinski definition) is 8. The topological polar surface area (TPSA) is 108 Å². The van der Waals surface area contributed by atoms with Crippen molar-refractivity contribution in [1.82, 2.24) is 5.32 Å². The van der Waals surface area contributed by atoms with E-state index in [4.69, 9.17) is 9.47 Å². The van der Waals surface area contributed by atoms with Crippen LogP contribution in [0.5, 0.6) is 0 Å². The molecule has 0 rings (SSSR count). The van der Waals surface area contributed by atoms with Crippen LogP contribution in [0.3, 0.4) is 0 Å². The summed E-state index contributed by atoms with van der Waals surface area (Å²) in [5.74, 6) is -0.140. The molecule has 0 aliphatic rings. The summed E-state index contributed by atoms with van der Waals surface area (Å²) in [6.07, 6.45) is 28.3. The van der Waals surface area contributed by atoms with Crippen LogP contribution in [-0.4, -0.2) is 61.7 Å². The fraction of sp³-hybridized carbons (Fsp3) is 0.895. The third kappa shape index (κ3) is 33.9. The lowest BCUT2D eigenvalue weighted by Gasteiger charge is -2.17. The highest BCUT2D eigenvalue weighted by Gasteiger charge is 2.19. The van der Waals surface area contributed by atoms with Crippen LogP contribution in [0.15, 0.2) is 0 Å². The summed E-state index contributed by atoms with van der Waals surface area (Å²) in [5, 5.41) is 2.50. The summed E-state index contributed by atoms with van der Waals surface area (Å²) >= 11 is 1.50. The first-order valence-corrected chi connectivity index (χ1v) is 20.3. The Labute approximate surface area is 292 Å². The van der Waals surface area contributed by atoms with Gasteiger partial charge in [0.05, 0.1) is 13.5 Å². The van der Waals surface area contributed by atoms with Gasteiger partial charge in [-0.15, -0.1) is 0 Å². The molecular formula is C38H71NO7S. The molecule has 0 spiro atoms. The van der Waals surface area contributed by atoms with E-state index in [1.54, 1.807) is 0 Å². The zero-order valence-corrected chi connectivity index (χ0v) is 31.4. The first kappa shape index (κ1) is 45.2. The molecule has 9 heteroatoms. The van der Waals surface area contributed by atoms with E-state index in [9.17, 15) is 19.2 Å². The highest BCUT2D eigenvalue weighted by atomic mass is 32.2. The van der Waals surface area contributed by atoms with E-state index in [2.05, 4.69) is 23.9 Å². The van der Waals surface area contributed by atoms with Crippen molar-refractivity contribution in [3.05, 3.63) is 0 Å². The van der Waals surface area contributed by atoms with Crippen LogP contribution in [0.2, 0.25) is 0 Å². The van der Waals surface area contributed by atoms with Gasteiger partial charge in [-0.3, -0.25) is 19.2 Å². The zero-order valence-electron chi connectivity index (χ0n) is 30.6. The molecule has 0 aromatic heterocycles. The Bertz CT molecular complexity index is 764. The molecule has 1 atom stereocenters. The first-order chi connectivity index (χ1) is 22.9. The largest absolute Gasteiger partial charge is 0.468 e. The second kappa shape index (κ2) is 35.5. The number of unbranched alkanes of at least 4 members (excludes halogenated alkanes) is 20. The summed E-state index contributed by atoms with van der Waals surface area (Å²) in [5.41, 5.74) is 0. The third-order valence-corrected chi connectivity index (χ3v) is 9.38. The molecule has 1 unspecified atom stereocenters. The van der Waals surface area contributed by atoms with Gasteiger partial charge in [-0.05, 0) is 19.3 Å². The van der Waals surface area contributed by atoms with E-state index in [0.717, 1.165) is 32.1 Å². The molecule has 0 fully saturated rings. The maximum Gasteiger partial charge on any atom is 0.325 e. The molecule has 0 bridgehead atoms. The van der Waals surface area contributed by atoms with Gasteiger partial charge in [0.25, 0.3) is 0 Å². The Morgan fingerprint density at radius 1 is 0.574 bits per heavy atom. The molecular weight excluding hydrogens is 614 g/mol. The SMILES string of the molecule is CCCCCCCCCCCCCCCC(=O)OC(CCCCCCCCCCC)CC(=O)OCCSCCC(=O)NCC(=O)OC. The first-order valence-electron chi connectivity index (χ1n) is 19.2.